The number of piperidine rings is 1. The van der Waals surface area contributed by atoms with Crippen LogP contribution in [0.3, 0.4) is 0 Å². The number of nitrogens with one attached hydrogen (secondary N) is 2. The average Bonchev–Trinajstić information content (AvgIpc) is 2.60. The molecule has 1 fully saturated rings. The van der Waals surface area contributed by atoms with Gasteiger partial charge in [0.2, 0.25) is 0 Å². The first-order valence-corrected chi connectivity index (χ1v) is 9.61. The van der Waals surface area contributed by atoms with E-state index in [1.165, 1.54) is 11.1 Å². The third kappa shape index (κ3) is 6.67. The molecule has 5 nitrogen and oxygen atoms in total. The third-order valence-corrected chi connectivity index (χ3v) is 4.81. The summed E-state index contributed by atoms with van der Waals surface area (Å²) in [6.45, 7) is 11.2. The molecule has 1 atom stereocenters. The fourth-order valence-corrected chi connectivity index (χ4v) is 3.30. The molecule has 0 aromatic heterocycles. The van der Waals surface area contributed by atoms with Crippen molar-refractivity contribution < 1.29 is 5.11 Å². The first-order valence-electron chi connectivity index (χ1n) is 9.61. The Morgan fingerprint density at radius 1 is 1.32 bits per heavy atom. The predicted molar refractivity (Wildman–Crippen MR) is 105 cm³/mol. The number of guanidine groups is 1. The van der Waals surface area contributed by atoms with Crippen LogP contribution < -0.4 is 10.6 Å². The summed E-state index contributed by atoms with van der Waals surface area (Å²) in [4.78, 5) is 7.16. The second-order valence-electron chi connectivity index (χ2n) is 6.91. The number of nitrogens with zero attached hydrogens (tertiary/aromatic N) is 2. The maximum atomic E-state index is 9.56. The molecular weight excluding hydrogens is 312 g/mol. The van der Waals surface area contributed by atoms with E-state index >= 15 is 0 Å². The number of hydrogen-bond donors (Lipinski definition) is 3. The summed E-state index contributed by atoms with van der Waals surface area (Å²) >= 11 is 0. The van der Waals surface area contributed by atoms with E-state index in [2.05, 4.69) is 60.6 Å². The highest BCUT2D eigenvalue weighted by Gasteiger charge is 2.16. The van der Waals surface area contributed by atoms with Gasteiger partial charge in [0.1, 0.15) is 0 Å². The van der Waals surface area contributed by atoms with Crippen molar-refractivity contribution in [1.29, 1.82) is 0 Å². The van der Waals surface area contributed by atoms with Gasteiger partial charge in [0.15, 0.2) is 5.96 Å². The minimum atomic E-state index is -0.0956. The number of likely N-dealkylation sites (tertiary alicyclic amines) is 1. The average molecular weight is 347 g/mol. The lowest BCUT2D eigenvalue weighted by molar-refractivity contribution is 0.0824. The van der Waals surface area contributed by atoms with Gasteiger partial charge in [0, 0.05) is 26.2 Å². The fourth-order valence-electron chi connectivity index (χ4n) is 3.30. The van der Waals surface area contributed by atoms with Crippen molar-refractivity contribution in [2.24, 2.45) is 4.99 Å². The van der Waals surface area contributed by atoms with E-state index in [0.29, 0.717) is 0 Å². The van der Waals surface area contributed by atoms with Gasteiger partial charge < -0.3 is 20.6 Å². The highest BCUT2D eigenvalue weighted by Crippen LogP contribution is 2.16. The van der Waals surface area contributed by atoms with Crippen molar-refractivity contribution >= 4 is 5.96 Å². The quantitative estimate of drug-likeness (QED) is 0.403. The van der Waals surface area contributed by atoms with Gasteiger partial charge in [-0.3, -0.25) is 4.99 Å². The van der Waals surface area contributed by atoms with Crippen LogP contribution >= 0.6 is 0 Å². The highest BCUT2D eigenvalue weighted by molar-refractivity contribution is 5.80. The smallest absolute Gasteiger partial charge is 0.191 e. The van der Waals surface area contributed by atoms with E-state index < -0.39 is 0 Å². The predicted octanol–water partition coefficient (Wildman–Crippen LogP) is 2.46. The highest BCUT2D eigenvalue weighted by atomic mass is 16.3. The van der Waals surface area contributed by atoms with Gasteiger partial charge in [-0.05, 0) is 57.7 Å². The summed E-state index contributed by atoms with van der Waals surface area (Å²) < 4.78 is 0. The first kappa shape index (κ1) is 19.7. The molecule has 1 heterocycles. The summed E-state index contributed by atoms with van der Waals surface area (Å²) in [6, 6.07) is 8.70. The molecule has 140 valence electrons. The van der Waals surface area contributed by atoms with Crippen LogP contribution in [-0.2, 0) is 0 Å². The maximum absolute atomic E-state index is 9.56. The molecule has 1 aliphatic rings. The molecule has 1 aromatic rings. The lowest BCUT2D eigenvalue weighted by atomic mass is 10.0. The molecule has 0 aliphatic carbocycles. The van der Waals surface area contributed by atoms with Crippen LogP contribution in [0.5, 0.6) is 0 Å². The van der Waals surface area contributed by atoms with E-state index in [0.717, 1.165) is 57.9 Å². The van der Waals surface area contributed by atoms with E-state index in [1.807, 2.05) is 0 Å². The fraction of sp³-hybridized carbons (Fsp3) is 0.650. The summed E-state index contributed by atoms with van der Waals surface area (Å²) in [5, 5.41) is 16.4. The van der Waals surface area contributed by atoms with Crippen molar-refractivity contribution in [3.63, 3.8) is 0 Å². The Bertz CT molecular complexity index is 538. The molecule has 0 saturated carbocycles. The SMILES string of the molecule is CCNC(=NCCCN1CCC(O)CC1)NC(C)c1ccccc1C. The molecule has 25 heavy (non-hydrogen) atoms. The van der Waals surface area contributed by atoms with Crippen LogP contribution in [0.25, 0.3) is 0 Å². The zero-order chi connectivity index (χ0) is 18.1. The Hall–Kier alpha value is -1.59. The Kier molecular flexibility index (Phi) is 8.22. The summed E-state index contributed by atoms with van der Waals surface area (Å²) in [7, 11) is 0. The van der Waals surface area contributed by atoms with E-state index in [4.69, 9.17) is 4.99 Å². The second-order valence-corrected chi connectivity index (χ2v) is 6.91. The van der Waals surface area contributed by atoms with E-state index in [1.54, 1.807) is 0 Å². The number of hydrogen-bond acceptors (Lipinski definition) is 3. The van der Waals surface area contributed by atoms with Crippen LogP contribution in [0, 0.1) is 6.92 Å². The van der Waals surface area contributed by atoms with Gasteiger partial charge >= 0.3 is 0 Å². The summed E-state index contributed by atoms with van der Waals surface area (Å²) in [6.07, 6.45) is 2.76. The number of aryl methyl sites for hydroxylation is 1. The third-order valence-electron chi connectivity index (χ3n) is 4.81. The summed E-state index contributed by atoms with van der Waals surface area (Å²) in [5.74, 6) is 0.882. The van der Waals surface area contributed by atoms with Gasteiger partial charge in [0.25, 0.3) is 0 Å². The molecule has 1 aromatic carbocycles. The van der Waals surface area contributed by atoms with Crippen LogP contribution in [-0.4, -0.2) is 54.8 Å². The van der Waals surface area contributed by atoms with Gasteiger partial charge in [-0.1, -0.05) is 24.3 Å². The molecule has 0 radical (unpaired) electrons. The Labute approximate surface area is 152 Å². The monoisotopic (exact) mass is 346 g/mol. The normalized spacial score (nSPS) is 18.2. The zero-order valence-corrected chi connectivity index (χ0v) is 16.0. The van der Waals surface area contributed by atoms with Gasteiger partial charge in [0.05, 0.1) is 12.1 Å². The van der Waals surface area contributed by atoms with Crippen molar-refractivity contribution in [2.75, 3.05) is 32.7 Å². The number of aliphatic hydroxyl groups excluding tert-OH is 1. The van der Waals surface area contributed by atoms with E-state index in [9.17, 15) is 5.11 Å². The minimum Gasteiger partial charge on any atom is -0.393 e. The first-order chi connectivity index (χ1) is 12.1. The molecule has 2 rings (SSSR count). The molecule has 0 amide bonds. The second kappa shape index (κ2) is 10.4. The van der Waals surface area contributed by atoms with Gasteiger partial charge in [-0.15, -0.1) is 0 Å². The van der Waals surface area contributed by atoms with Crippen LogP contribution in [0.15, 0.2) is 29.3 Å². The molecule has 3 N–H and O–H groups in total. The van der Waals surface area contributed by atoms with Gasteiger partial charge in [-0.2, -0.15) is 0 Å². The van der Waals surface area contributed by atoms with Crippen molar-refractivity contribution in [3.05, 3.63) is 35.4 Å². The molecule has 1 aliphatic heterocycles. The standard InChI is InChI=1S/C20H34N4O/c1-4-21-20(23-17(3)19-9-6-5-8-16(19)2)22-12-7-13-24-14-10-18(25)11-15-24/h5-6,8-9,17-18,25H,4,7,10-15H2,1-3H3,(H2,21,22,23). The topological polar surface area (TPSA) is 59.9 Å². The number of aliphatic hydroxyl groups is 1. The number of rotatable bonds is 7. The number of aliphatic imine (C=N–C) groups is 1. The Balaban J connectivity index is 1.80. The maximum Gasteiger partial charge on any atom is 0.191 e. The lowest BCUT2D eigenvalue weighted by Crippen LogP contribution is -2.39. The van der Waals surface area contributed by atoms with Crippen molar-refractivity contribution in [2.45, 2.75) is 52.2 Å². The molecule has 5 heteroatoms. The molecule has 1 saturated heterocycles. The lowest BCUT2D eigenvalue weighted by Gasteiger charge is -2.29. The van der Waals surface area contributed by atoms with Crippen molar-refractivity contribution in [3.8, 4) is 0 Å². The Morgan fingerprint density at radius 3 is 2.72 bits per heavy atom. The molecule has 1 unspecified atom stereocenters. The molecule has 0 bridgehead atoms. The van der Waals surface area contributed by atoms with E-state index in [-0.39, 0.29) is 12.1 Å². The van der Waals surface area contributed by atoms with Crippen molar-refractivity contribution in [1.82, 2.24) is 15.5 Å². The van der Waals surface area contributed by atoms with Gasteiger partial charge in [-0.25, -0.2) is 0 Å². The molecule has 0 spiro atoms. The van der Waals surface area contributed by atoms with Crippen LogP contribution in [0.2, 0.25) is 0 Å². The van der Waals surface area contributed by atoms with Crippen LogP contribution in [0.1, 0.15) is 50.3 Å². The zero-order valence-electron chi connectivity index (χ0n) is 16.0. The largest absolute Gasteiger partial charge is 0.393 e. The molecular formula is C20H34N4O. The minimum absolute atomic E-state index is 0.0956. The summed E-state index contributed by atoms with van der Waals surface area (Å²) in [5.41, 5.74) is 2.60. The van der Waals surface area contributed by atoms with Crippen LogP contribution in [0.4, 0.5) is 0 Å². The Morgan fingerprint density at radius 2 is 2.04 bits per heavy atom. The number of benzene rings is 1.